The van der Waals surface area contributed by atoms with E-state index in [-0.39, 0.29) is 0 Å². The van der Waals surface area contributed by atoms with Crippen LogP contribution in [0.2, 0.25) is 0 Å². The molecule has 1 N–H and O–H groups in total. The maximum atomic E-state index is 3.49. The van der Waals surface area contributed by atoms with E-state index in [0.29, 0.717) is 0 Å². The molecule has 0 spiro atoms. The van der Waals surface area contributed by atoms with Crippen LogP contribution in [0.1, 0.15) is 25.8 Å². The van der Waals surface area contributed by atoms with Crippen LogP contribution >= 0.6 is 0 Å². The van der Waals surface area contributed by atoms with E-state index in [1.165, 1.54) is 30.6 Å². The minimum absolute atomic E-state index is 0.774. The number of benzene rings is 1. The Labute approximate surface area is 105 Å². The monoisotopic (exact) mass is 232 g/mol. The molecule has 0 bridgehead atoms. The highest BCUT2D eigenvalue weighted by Crippen LogP contribution is 2.28. The number of fused-ring (bicyclic) bond motifs is 1. The average molecular weight is 232 g/mol. The van der Waals surface area contributed by atoms with Gasteiger partial charge in [-0.25, -0.2) is 0 Å². The van der Waals surface area contributed by atoms with Crippen molar-refractivity contribution in [3.63, 3.8) is 0 Å². The molecule has 0 saturated heterocycles. The molecule has 1 aromatic carbocycles. The van der Waals surface area contributed by atoms with E-state index in [1.807, 2.05) is 0 Å². The molecule has 0 aliphatic carbocycles. The van der Waals surface area contributed by atoms with E-state index < -0.39 is 0 Å². The standard InChI is InChI=1S/C15H24N2/c1-3-8-16-9-10-17-12-13(2)11-14-6-4-5-7-15(14)17/h4-7,13,16H,3,8-12H2,1-2H3. The summed E-state index contributed by atoms with van der Waals surface area (Å²) in [6.45, 7) is 9.11. The first-order chi connectivity index (χ1) is 8.31. The van der Waals surface area contributed by atoms with Gasteiger partial charge in [0, 0.05) is 25.3 Å². The van der Waals surface area contributed by atoms with Gasteiger partial charge < -0.3 is 10.2 Å². The molecular weight excluding hydrogens is 208 g/mol. The molecule has 1 aliphatic rings. The van der Waals surface area contributed by atoms with Gasteiger partial charge in [0.15, 0.2) is 0 Å². The Morgan fingerprint density at radius 3 is 2.94 bits per heavy atom. The van der Waals surface area contributed by atoms with Crippen LogP contribution in [-0.2, 0) is 6.42 Å². The van der Waals surface area contributed by atoms with Crippen LogP contribution in [-0.4, -0.2) is 26.2 Å². The molecule has 0 saturated carbocycles. The summed E-state index contributed by atoms with van der Waals surface area (Å²) >= 11 is 0. The van der Waals surface area contributed by atoms with E-state index in [0.717, 1.165) is 25.6 Å². The van der Waals surface area contributed by atoms with Crippen molar-refractivity contribution in [2.24, 2.45) is 5.92 Å². The van der Waals surface area contributed by atoms with Gasteiger partial charge in [-0.3, -0.25) is 0 Å². The van der Waals surface area contributed by atoms with E-state index in [2.05, 4.69) is 48.3 Å². The number of anilines is 1. The lowest BCUT2D eigenvalue weighted by molar-refractivity contribution is 0.523. The van der Waals surface area contributed by atoms with Crippen LogP contribution in [0.3, 0.4) is 0 Å². The third-order valence-electron chi connectivity index (χ3n) is 3.42. The Hall–Kier alpha value is -1.02. The van der Waals surface area contributed by atoms with Gasteiger partial charge >= 0.3 is 0 Å². The Morgan fingerprint density at radius 1 is 1.29 bits per heavy atom. The average Bonchev–Trinajstić information content (AvgIpc) is 2.34. The molecule has 0 amide bonds. The highest BCUT2D eigenvalue weighted by Gasteiger charge is 2.20. The number of nitrogens with zero attached hydrogens (tertiary/aromatic N) is 1. The smallest absolute Gasteiger partial charge is 0.0399 e. The largest absolute Gasteiger partial charge is 0.370 e. The highest BCUT2D eigenvalue weighted by atomic mass is 15.2. The number of hydrogen-bond acceptors (Lipinski definition) is 2. The predicted octanol–water partition coefficient (Wildman–Crippen LogP) is 2.68. The zero-order valence-electron chi connectivity index (χ0n) is 11.1. The molecular formula is C15H24N2. The van der Waals surface area contributed by atoms with E-state index >= 15 is 0 Å². The minimum atomic E-state index is 0.774. The first-order valence-corrected chi connectivity index (χ1v) is 6.85. The fourth-order valence-corrected chi connectivity index (χ4v) is 2.63. The Balaban J connectivity index is 1.97. The van der Waals surface area contributed by atoms with Crippen molar-refractivity contribution < 1.29 is 0 Å². The molecule has 2 heteroatoms. The van der Waals surface area contributed by atoms with Crippen LogP contribution in [0.15, 0.2) is 24.3 Å². The summed E-state index contributed by atoms with van der Waals surface area (Å²) in [5.41, 5.74) is 2.96. The Morgan fingerprint density at radius 2 is 2.12 bits per heavy atom. The van der Waals surface area contributed by atoms with Crippen molar-refractivity contribution in [3.05, 3.63) is 29.8 Å². The van der Waals surface area contributed by atoms with Crippen LogP contribution in [0.5, 0.6) is 0 Å². The maximum Gasteiger partial charge on any atom is 0.0399 e. The van der Waals surface area contributed by atoms with Gasteiger partial charge in [0.1, 0.15) is 0 Å². The summed E-state index contributed by atoms with van der Waals surface area (Å²) < 4.78 is 0. The van der Waals surface area contributed by atoms with Crippen LogP contribution in [0.4, 0.5) is 5.69 Å². The van der Waals surface area contributed by atoms with Gasteiger partial charge in [0.2, 0.25) is 0 Å². The second-order valence-electron chi connectivity index (χ2n) is 5.13. The number of para-hydroxylation sites is 1. The summed E-state index contributed by atoms with van der Waals surface area (Å²) in [6, 6.07) is 8.85. The summed E-state index contributed by atoms with van der Waals surface area (Å²) in [7, 11) is 0. The van der Waals surface area contributed by atoms with Crippen molar-refractivity contribution in [1.82, 2.24) is 5.32 Å². The molecule has 0 radical (unpaired) electrons. The third-order valence-corrected chi connectivity index (χ3v) is 3.42. The van der Waals surface area contributed by atoms with Crippen molar-refractivity contribution in [2.45, 2.75) is 26.7 Å². The molecule has 2 nitrogen and oxygen atoms in total. The SMILES string of the molecule is CCCNCCN1CC(C)Cc2ccccc21. The molecule has 1 atom stereocenters. The second-order valence-corrected chi connectivity index (χ2v) is 5.13. The number of hydrogen-bond donors (Lipinski definition) is 1. The molecule has 94 valence electrons. The zero-order chi connectivity index (χ0) is 12.1. The Kier molecular flexibility index (Phi) is 4.43. The van der Waals surface area contributed by atoms with Gasteiger partial charge in [0.05, 0.1) is 0 Å². The molecule has 1 unspecified atom stereocenters. The van der Waals surface area contributed by atoms with Gasteiger partial charge in [0.25, 0.3) is 0 Å². The predicted molar refractivity (Wildman–Crippen MR) is 74.7 cm³/mol. The molecule has 17 heavy (non-hydrogen) atoms. The van der Waals surface area contributed by atoms with E-state index in [9.17, 15) is 0 Å². The van der Waals surface area contributed by atoms with Gasteiger partial charge in [-0.15, -0.1) is 0 Å². The third kappa shape index (κ3) is 3.22. The topological polar surface area (TPSA) is 15.3 Å². The summed E-state index contributed by atoms with van der Waals surface area (Å²) in [5, 5.41) is 3.49. The van der Waals surface area contributed by atoms with Crippen LogP contribution in [0.25, 0.3) is 0 Å². The fourth-order valence-electron chi connectivity index (χ4n) is 2.63. The lowest BCUT2D eigenvalue weighted by Crippen LogP contribution is -2.39. The molecule has 1 aromatic rings. The van der Waals surface area contributed by atoms with Crippen LogP contribution in [0, 0.1) is 5.92 Å². The fraction of sp³-hybridized carbons (Fsp3) is 0.600. The maximum absolute atomic E-state index is 3.49. The van der Waals surface area contributed by atoms with Crippen molar-refractivity contribution in [2.75, 3.05) is 31.1 Å². The minimum Gasteiger partial charge on any atom is -0.370 e. The van der Waals surface area contributed by atoms with Crippen molar-refractivity contribution in [3.8, 4) is 0 Å². The first-order valence-electron chi connectivity index (χ1n) is 6.85. The first kappa shape index (κ1) is 12.4. The molecule has 1 heterocycles. The van der Waals surface area contributed by atoms with Crippen LogP contribution < -0.4 is 10.2 Å². The van der Waals surface area contributed by atoms with Gasteiger partial charge in [-0.2, -0.15) is 0 Å². The summed E-state index contributed by atoms with van der Waals surface area (Å²) in [5.74, 6) is 0.774. The lowest BCUT2D eigenvalue weighted by atomic mass is 9.94. The second kappa shape index (κ2) is 6.06. The van der Waals surface area contributed by atoms with E-state index in [1.54, 1.807) is 0 Å². The Bertz CT molecular complexity index is 349. The van der Waals surface area contributed by atoms with Gasteiger partial charge in [-0.05, 0) is 36.9 Å². The lowest BCUT2D eigenvalue weighted by Gasteiger charge is -2.35. The molecule has 2 rings (SSSR count). The number of nitrogens with one attached hydrogen (secondary N) is 1. The molecule has 1 aliphatic heterocycles. The highest BCUT2D eigenvalue weighted by molar-refractivity contribution is 5.55. The number of rotatable bonds is 5. The van der Waals surface area contributed by atoms with Crippen molar-refractivity contribution in [1.29, 1.82) is 0 Å². The van der Waals surface area contributed by atoms with E-state index in [4.69, 9.17) is 0 Å². The summed E-state index contributed by atoms with van der Waals surface area (Å²) in [6.07, 6.45) is 2.45. The zero-order valence-corrected chi connectivity index (χ0v) is 11.1. The normalized spacial score (nSPS) is 19.2. The molecule has 0 aromatic heterocycles. The quantitative estimate of drug-likeness (QED) is 0.785. The van der Waals surface area contributed by atoms with Gasteiger partial charge in [-0.1, -0.05) is 32.0 Å². The summed E-state index contributed by atoms with van der Waals surface area (Å²) in [4.78, 5) is 2.53. The van der Waals surface area contributed by atoms with Crippen molar-refractivity contribution >= 4 is 5.69 Å². The molecule has 0 fully saturated rings.